The lowest BCUT2D eigenvalue weighted by atomic mass is 9.98. The van der Waals surface area contributed by atoms with E-state index in [-0.39, 0.29) is 15.8 Å². The quantitative estimate of drug-likeness (QED) is 0.591. The summed E-state index contributed by atoms with van der Waals surface area (Å²) in [5.41, 5.74) is 0.663. The fourth-order valence-corrected chi connectivity index (χ4v) is 5.49. The molecule has 0 radical (unpaired) electrons. The van der Waals surface area contributed by atoms with Gasteiger partial charge < -0.3 is 8.83 Å². The van der Waals surface area contributed by atoms with Crippen LogP contribution in [0.15, 0.2) is 44.3 Å². The van der Waals surface area contributed by atoms with Crippen molar-refractivity contribution in [2.45, 2.75) is 30.6 Å². The van der Waals surface area contributed by atoms with Crippen molar-refractivity contribution in [3.05, 3.63) is 52.0 Å². The van der Waals surface area contributed by atoms with Crippen molar-refractivity contribution in [2.75, 3.05) is 13.1 Å². The van der Waals surface area contributed by atoms with Gasteiger partial charge in [-0.25, -0.2) is 8.42 Å². The zero-order chi connectivity index (χ0) is 19.9. The molecule has 1 aromatic carbocycles. The van der Waals surface area contributed by atoms with E-state index >= 15 is 0 Å². The van der Waals surface area contributed by atoms with Crippen molar-refractivity contribution < 1.29 is 17.3 Å². The summed E-state index contributed by atoms with van der Waals surface area (Å²) in [5.74, 6) is 1.30. The average Bonchev–Trinajstić information content (AvgIpc) is 3.36. The van der Waals surface area contributed by atoms with E-state index in [0.717, 1.165) is 0 Å². The van der Waals surface area contributed by atoms with Crippen LogP contribution in [0.25, 0.3) is 11.7 Å². The molecule has 1 saturated heterocycles. The second-order valence-electron chi connectivity index (χ2n) is 6.63. The standard InChI is InChI=1S/C18H17Cl2N3O4S/c1-11-9-16(14(20)10-13(11)19)28(24,25)23-6-4-12(5-7-23)17-21-22-18(27-17)15-3-2-8-26-15/h2-3,8-10,12H,4-7H2,1H3. The molecule has 4 rings (SSSR count). The summed E-state index contributed by atoms with van der Waals surface area (Å²) in [7, 11) is -3.71. The van der Waals surface area contributed by atoms with E-state index in [1.165, 1.54) is 22.7 Å². The minimum atomic E-state index is -3.71. The third kappa shape index (κ3) is 3.57. The average molecular weight is 442 g/mol. The van der Waals surface area contributed by atoms with Crippen LogP contribution in [0.1, 0.15) is 30.2 Å². The molecule has 3 aromatic rings. The normalized spacial score (nSPS) is 16.5. The smallest absolute Gasteiger partial charge is 0.283 e. The molecule has 1 aliphatic rings. The molecule has 148 valence electrons. The topological polar surface area (TPSA) is 89.4 Å². The largest absolute Gasteiger partial charge is 0.459 e. The molecule has 2 aromatic heterocycles. The van der Waals surface area contributed by atoms with E-state index in [9.17, 15) is 8.42 Å². The van der Waals surface area contributed by atoms with E-state index < -0.39 is 10.0 Å². The maximum atomic E-state index is 13.0. The summed E-state index contributed by atoms with van der Waals surface area (Å²) in [4.78, 5) is 0.0763. The van der Waals surface area contributed by atoms with Gasteiger partial charge in [0.2, 0.25) is 15.9 Å². The number of halogens is 2. The molecule has 10 heteroatoms. The predicted molar refractivity (Wildman–Crippen MR) is 104 cm³/mol. The number of sulfonamides is 1. The molecule has 0 spiro atoms. The molecule has 28 heavy (non-hydrogen) atoms. The van der Waals surface area contributed by atoms with E-state index in [1.54, 1.807) is 19.1 Å². The SMILES string of the molecule is Cc1cc(S(=O)(=O)N2CCC(c3nnc(-c4ccco4)o3)CC2)c(Cl)cc1Cl. The zero-order valence-corrected chi connectivity index (χ0v) is 17.3. The Morgan fingerprint density at radius 3 is 2.57 bits per heavy atom. The number of rotatable bonds is 4. The maximum absolute atomic E-state index is 13.0. The summed E-state index contributed by atoms with van der Waals surface area (Å²) in [6.45, 7) is 2.42. The molecule has 0 aliphatic carbocycles. The number of furan rings is 1. The lowest BCUT2D eigenvalue weighted by Crippen LogP contribution is -2.38. The lowest BCUT2D eigenvalue weighted by molar-refractivity contribution is 0.291. The fraction of sp³-hybridized carbons (Fsp3) is 0.333. The summed E-state index contributed by atoms with van der Waals surface area (Å²) in [6, 6.07) is 6.46. The van der Waals surface area contributed by atoms with Crippen LogP contribution in [0.5, 0.6) is 0 Å². The first kappa shape index (κ1) is 19.4. The number of benzene rings is 1. The highest BCUT2D eigenvalue weighted by Crippen LogP contribution is 2.34. The summed E-state index contributed by atoms with van der Waals surface area (Å²) >= 11 is 12.2. The number of hydrogen-bond donors (Lipinski definition) is 0. The molecular formula is C18H17Cl2N3O4S. The van der Waals surface area contributed by atoms with Crippen molar-refractivity contribution in [3.8, 4) is 11.7 Å². The minimum absolute atomic E-state index is 0.00918. The van der Waals surface area contributed by atoms with E-state index in [1.807, 2.05) is 0 Å². The Hall–Kier alpha value is -1.87. The van der Waals surface area contributed by atoms with Gasteiger partial charge in [-0.15, -0.1) is 10.2 Å². The van der Waals surface area contributed by atoms with Gasteiger partial charge in [-0.05, 0) is 49.6 Å². The van der Waals surface area contributed by atoms with Gasteiger partial charge in [0.1, 0.15) is 4.90 Å². The van der Waals surface area contributed by atoms with Crippen LogP contribution in [-0.2, 0) is 10.0 Å². The van der Waals surface area contributed by atoms with Crippen LogP contribution in [0.4, 0.5) is 0 Å². The van der Waals surface area contributed by atoms with Crippen LogP contribution >= 0.6 is 23.2 Å². The lowest BCUT2D eigenvalue weighted by Gasteiger charge is -2.30. The summed E-state index contributed by atoms with van der Waals surface area (Å²) in [5, 5.41) is 8.66. The van der Waals surface area contributed by atoms with Gasteiger partial charge in [-0.1, -0.05) is 23.2 Å². The fourth-order valence-electron chi connectivity index (χ4n) is 3.21. The van der Waals surface area contributed by atoms with Crippen LogP contribution in [0, 0.1) is 6.92 Å². The Labute approximate surface area is 172 Å². The van der Waals surface area contributed by atoms with Gasteiger partial charge in [0.15, 0.2) is 5.76 Å². The number of piperidine rings is 1. The number of nitrogens with zero attached hydrogens (tertiary/aromatic N) is 3. The highest BCUT2D eigenvalue weighted by atomic mass is 35.5. The first-order valence-electron chi connectivity index (χ1n) is 8.69. The Kier molecular flexibility index (Phi) is 5.22. The van der Waals surface area contributed by atoms with Crippen molar-refractivity contribution in [2.24, 2.45) is 0 Å². The van der Waals surface area contributed by atoms with E-state index in [0.29, 0.717) is 54.1 Å². The van der Waals surface area contributed by atoms with Gasteiger partial charge >= 0.3 is 0 Å². The Balaban J connectivity index is 1.49. The van der Waals surface area contributed by atoms with Crippen molar-refractivity contribution >= 4 is 33.2 Å². The summed E-state index contributed by atoms with van der Waals surface area (Å²) < 4.78 is 38.4. The van der Waals surface area contributed by atoms with Gasteiger partial charge in [0, 0.05) is 24.0 Å². The van der Waals surface area contributed by atoms with Crippen molar-refractivity contribution in [3.63, 3.8) is 0 Å². The molecule has 0 bridgehead atoms. The van der Waals surface area contributed by atoms with Gasteiger partial charge in [-0.2, -0.15) is 4.31 Å². The molecule has 0 atom stereocenters. The first-order chi connectivity index (χ1) is 13.4. The molecule has 7 nitrogen and oxygen atoms in total. The Morgan fingerprint density at radius 1 is 1.14 bits per heavy atom. The molecule has 1 aliphatic heterocycles. The highest BCUT2D eigenvalue weighted by molar-refractivity contribution is 7.89. The van der Waals surface area contributed by atoms with E-state index in [2.05, 4.69) is 10.2 Å². The first-order valence-corrected chi connectivity index (χ1v) is 10.9. The molecule has 0 unspecified atom stereocenters. The Morgan fingerprint density at radius 2 is 1.89 bits per heavy atom. The maximum Gasteiger partial charge on any atom is 0.283 e. The second-order valence-corrected chi connectivity index (χ2v) is 9.35. The summed E-state index contributed by atoms with van der Waals surface area (Å²) in [6.07, 6.45) is 2.68. The van der Waals surface area contributed by atoms with Crippen LogP contribution < -0.4 is 0 Å². The number of aryl methyl sites for hydroxylation is 1. The zero-order valence-electron chi connectivity index (χ0n) is 14.9. The minimum Gasteiger partial charge on any atom is -0.459 e. The highest BCUT2D eigenvalue weighted by Gasteiger charge is 2.33. The molecule has 3 heterocycles. The third-order valence-corrected chi connectivity index (χ3v) is 7.58. The molecule has 0 saturated carbocycles. The second kappa shape index (κ2) is 7.51. The van der Waals surface area contributed by atoms with Crippen molar-refractivity contribution in [1.29, 1.82) is 0 Å². The van der Waals surface area contributed by atoms with Gasteiger partial charge in [0.25, 0.3) is 5.89 Å². The Bertz CT molecular complexity index is 1090. The van der Waals surface area contributed by atoms with Crippen molar-refractivity contribution in [1.82, 2.24) is 14.5 Å². The number of aromatic nitrogens is 2. The van der Waals surface area contributed by atoms with Gasteiger partial charge in [0.05, 0.1) is 11.3 Å². The van der Waals surface area contributed by atoms with E-state index in [4.69, 9.17) is 32.0 Å². The molecule has 0 N–H and O–H groups in total. The van der Waals surface area contributed by atoms with Crippen LogP contribution in [-0.4, -0.2) is 36.0 Å². The van der Waals surface area contributed by atoms with Crippen LogP contribution in [0.3, 0.4) is 0 Å². The molecule has 1 fully saturated rings. The van der Waals surface area contributed by atoms with Crippen LogP contribution in [0.2, 0.25) is 10.0 Å². The predicted octanol–water partition coefficient (Wildman–Crippen LogP) is 4.51. The number of hydrogen-bond acceptors (Lipinski definition) is 6. The van der Waals surface area contributed by atoms with Gasteiger partial charge in [-0.3, -0.25) is 0 Å². The third-order valence-electron chi connectivity index (χ3n) is 4.81. The monoisotopic (exact) mass is 441 g/mol. The molecular weight excluding hydrogens is 425 g/mol. The molecule has 0 amide bonds.